The molecular formula is C30H31BrClNO5. The number of esters is 1. The second-order valence-electron chi connectivity index (χ2n) is 8.39. The minimum Gasteiger partial charge on any atom is -0.490 e. The summed E-state index contributed by atoms with van der Waals surface area (Å²) in [7, 11) is 0. The Morgan fingerprint density at radius 2 is 1.76 bits per heavy atom. The highest BCUT2D eigenvalue weighted by molar-refractivity contribution is 9.10. The number of rotatable bonds is 13. The topological polar surface area (TPSA) is 73.9 Å². The van der Waals surface area contributed by atoms with E-state index in [1.165, 1.54) is 6.08 Å². The van der Waals surface area contributed by atoms with Crippen molar-refractivity contribution in [3.05, 3.63) is 92.9 Å². The third kappa shape index (κ3) is 8.92. The monoisotopic (exact) mass is 599 g/mol. The van der Waals surface area contributed by atoms with E-state index in [1.807, 2.05) is 37.3 Å². The summed E-state index contributed by atoms with van der Waals surface area (Å²) in [6, 6.07) is 17.7. The van der Waals surface area contributed by atoms with Crippen LogP contribution in [0.1, 0.15) is 54.6 Å². The molecule has 3 aromatic carbocycles. The van der Waals surface area contributed by atoms with Crippen molar-refractivity contribution in [1.82, 2.24) is 0 Å². The summed E-state index contributed by atoms with van der Waals surface area (Å²) in [4.78, 5) is 24.6. The molecule has 0 aromatic heterocycles. The number of hydrogen-bond acceptors (Lipinski definition) is 5. The highest BCUT2D eigenvalue weighted by atomic mass is 79.9. The SMILES string of the molecule is CCCCCOC(=O)c1ccc(NC(=O)/C=C/c2cc(Br)c(OCc3ccccc3Cl)c(OCC)c2)cc1. The van der Waals surface area contributed by atoms with Gasteiger partial charge in [-0.2, -0.15) is 0 Å². The summed E-state index contributed by atoms with van der Waals surface area (Å²) >= 11 is 9.80. The number of amides is 1. The lowest BCUT2D eigenvalue weighted by Crippen LogP contribution is -2.09. The molecule has 3 aromatic rings. The molecule has 0 heterocycles. The molecule has 6 nitrogen and oxygen atoms in total. The Bertz CT molecular complexity index is 1260. The lowest BCUT2D eigenvalue weighted by molar-refractivity contribution is -0.111. The van der Waals surface area contributed by atoms with Crippen LogP contribution in [0.5, 0.6) is 11.5 Å². The zero-order valence-electron chi connectivity index (χ0n) is 21.5. The Morgan fingerprint density at radius 1 is 1.00 bits per heavy atom. The van der Waals surface area contributed by atoms with Gasteiger partial charge in [-0.05, 0) is 83.4 Å². The van der Waals surface area contributed by atoms with Crippen molar-refractivity contribution in [1.29, 1.82) is 0 Å². The number of ether oxygens (including phenoxy) is 3. The van der Waals surface area contributed by atoms with E-state index in [4.69, 9.17) is 25.8 Å². The number of anilines is 1. The zero-order chi connectivity index (χ0) is 27.3. The van der Waals surface area contributed by atoms with Crippen LogP contribution < -0.4 is 14.8 Å². The van der Waals surface area contributed by atoms with Crippen LogP contribution in [0.4, 0.5) is 5.69 Å². The van der Waals surface area contributed by atoms with Crippen molar-refractivity contribution in [3.63, 3.8) is 0 Å². The van der Waals surface area contributed by atoms with E-state index in [1.54, 1.807) is 36.4 Å². The largest absolute Gasteiger partial charge is 0.490 e. The number of nitrogens with one attached hydrogen (secondary N) is 1. The van der Waals surface area contributed by atoms with E-state index in [9.17, 15) is 9.59 Å². The molecule has 0 bridgehead atoms. The van der Waals surface area contributed by atoms with Crippen molar-refractivity contribution in [2.45, 2.75) is 39.7 Å². The predicted molar refractivity (Wildman–Crippen MR) is 155 cm³/mol. The normalized spacial score (nSPS) is 10.8. The first-order valence-corrected chi connectivity index (χ1v) is 13.7. The number of benzene rings is 3. The molecule has 0 radical (unpaired) electrons. The van der Waals surface area contributed by atoms with Gasteiger partial charge in [0, 0.05) is 22.3 Å². The third-order valence-corrected chi connectivity index (χ3v) is 6.42. The number of halogens is 2. The molecule has 8 heteroatoms. The maximum absolute atomic E-state index is 12.5. The van der Waals surface area contributed by atoms with Crippen LogP contribution in [-0.4, -0.2) is 25.1 Å². The average molecular weight is 601 g/mol. The Balaban J connectivity index is 1.61. The maximum atomic E-state index is 12.5. The molecule has 1 N–H and O–H groups in total. The van der Waals surface area contributed by atoms with E-state index < -0.39 is 0 Å². The standard InChI is InChI=1S/C30H31BrClNO5/c1-3-5-8-17-37-30(35)22-12-14-24(15-13-22)33-28(34)16-11-21-18-25(31)29(27(19-21)36-4-2)38-20-23-9-6-7-10-26(23)32/h6-7,9-16,18-19H,3-5,8,17,20H2,1-2H3,(H,33,34)/b16-11+. The maximum Gasteiger partial charge on any atom is 0.338 e. The van der Waals surface area contributed by atoms with Crippen LogP contribution in [0.15, 0.2) is 71.2 Å². The molecular weight excluding hydrogens is 570 g/mol. The molecule has 0 saturated heterocycles. The number of carbonyl (C=O) groups excluding carboxylic acids is 2. The minimum absolute atomic E-state index is 0.283. The van der Waals surface area contributed by atoms with Crippen LogP contribution in [0.2, 0.25) is 5.02 Å². The summed E-state index contributed by atoms with van der Waals surface area (Å²) in [5.74, 6) is 0.422. The van der Waals surface area contributed by atoms with Crippen molar-refractivity contribution < 1.29 is 23.8 Å². The van der Waals surface area contributed by atoms with E-state index in [0.29, 0.717) is 45.5 Å². The van der Waals surface area contributed by atoms with Crippen molar-refractivity contribution >= 4 is 51.2 Å². The van der Waals surface area contributed by atoms with E-state index in [2.05, 4.69) is 28.2 Å². The van der Waals surface area contributed by atoms with Gasteiger partial charge >= 0.3 is 5.97 Å². The minimum atomic E-state index is -0.367. The number of unbranched alkanes of at least 4 members (excludes halogenated alkanes) is 2. The van der Waals surface area contributed by atoms with Gasteiger partial charge in [-0.25, -0.2) is 4.79 Å². The van der Waals surface area contributed by atoms with Crippen LogP contribution in [-0.2, 0) is 16.1 Å². The average Bonchev–Trinajstić information content (AvgIpc) is 2.91. The van der Waals surface area contributed by atoms with Gasteiger partial charge in [0.25, 0.3) is 0 Å². The third-order valence-electron chi connectivity index (χ3n) is 5.46. The van der Waals surface area contributed by atoms with E-state index in [-0.39, 0.29) is 18.5 Å². The number of hydrogen-bond donors (Lipinski definition) is 1. The summed E-state index contributed by atoms with van der Waals surface area (Å²) in [5, 5.41) is 3.42. The fourth-order valence-electron chi connectivity index (χ4n) is 3.50. The molecule has 0 atom stereocenters. The highest BCUT2D eigenvalue weighted by Gasteiger charge is 2.13. The second-order valence-corrected chi connectivity index (χ2v) is 9.65. The fourth-order valence-corrected chi connectivity index (χ4v) is 4.26. The molecule has 0 spiro atoms. The molecule has 200 valence electrons. The fraction of sp³-hybridized carbons (Fsp3) is 0.267. The zero-order valence-corrected chi connectivity index (χ0v) is 23.8. The van der Waals surface area contributed by atoms with E-state index >= 15 is 0 Å². The Hall–Kier alpha value is -3.29. The summed E-state index contributed by atoms with van der Waals surface area (Å²) < 4.78 is 17.7. The molecule has 0 aliphatic carbocycles. The van der Waals surface area contributed by atoms with E-state index in [0.717, 1.165) is 30.4 Å². The van der Waals surface area contributed by atoms with Gasteiger partial charge in [0.1, 0.15) is 6.61 Å². The molecule has 0 aliphatic rings. The van der Waals surface area contributed by atoms with Gasteiger partial charge in [-0.15, -0.1) is 0 Å². The lowest BCUT2D eigenvalue weighted by atomic mass is 10.1. The van der Waals surface area contributed by atoms with Crippen LogP contribution in [0, 0.1) is 0 Å². The smallest absolute Gasteiger partial charge is 0.338 e. The van der Waals surface area contributed by atoms with Gasteiger partial charge in [-0.3, -0.25) is 4.79 Å². The second kappa shape index (κ2) is 15.2. The van der Waals surface area contributed by atoms with Crippen LogP contribution in [0.3, 0.4) is 0 Å². The molecule has 0 aliphatic heterocycles. The van der Waals surface area contributed by atoms with Gasteiger partial charge < -0.3 is 19.5 Å². The van der Waals surface area contributed by atoms with Crippen molar-refractivity contribution in [3.8, 4) is 11.5 Å². The first-order chi connectivity index (χ1) is 18.4. The van der Waals surface area contributed by atoms with Crippen molar-refractivity contribution in [2.75, 3.05) is 18.5 Å². The lowest BCUT2D eigenvalue weighted by Gasteiger charge is -2.15. The molecule has 0 fully saturated rings. The van der Waals surface area contributed by atoms with Gasteiger partial charge in [-0.1, -0.05) is 49.6 Å². The molecule has 0 unspecified atom stereocenters. The Kier molecular flexibility index (Phi) is 11.7. The number of carbonyl (C=O) groups is 2. The Morgan fingerprint density at radius 3 is 2.47 bits per heavy atom. The molecule has 38 heavy (non-hydrogen) atoms. The van der Waals surface area contributed by atoms with Gasteiger partial charge in [0.2, 0.25) is 5.91 Å². The highest BCUT2D eigenvalue weighted by Crippen LogP contribution is 2.38. The summed E-state index contributed by atoms with van der Waals surface area (Å²) in [6.07, 6.45) is 6.05. The Labute approximate surface area is 237 Å². The van der Waals surface area contributed by atoms with Crippen LogP contribution in [0.25, 0.3) is 6.08 Å². The first-order valence-electron chi connectivity index (χ1n) is 12.5. The summed E-state index contributed by atoms with van der Waals surface area (Å²) in [5.41, 5.74) is 2.63. The summed E-state index contributed by atoms with van der Waals surface area (Å²) in [6.45, 7) is 5.12. The quantitative estimate of drug-likeness (QED) is 0.122. The van der Waals surface area contributed by atoms with Crippen molar-refractivity contribution in [2.24, 2.45) is 0 Å². The van der Waals surface area contributed by atoms with Gasteiger partial charge in [0.05, 0.1) is 23.2 Å². The molecule has 0 saturated carbocycles. The predicted octanol–water partition coefficient (Wildman–Crippen LogP) is 8.08. The first kappa shape index (κ1) is 29.3. The molecule has 3 rings (SSSR count). The van der Waals surface area contributed by atoms with Gasteiger partial charge in [0.15, 0.2) is 11.5 Å². The molecule has 1 amide bonds. The van der Waals surface area contributed by atoms with Crippen LogP contribution >= 0.6 is 27.5 Å².